The lowest BCUT2D eigenvalue weighted by atomic mass is 9.89. The molecule has 0 radical (unpaired) electrons. The van der Waals surface area contributed by atoms with Crippen LogP contribution in [0.25, 0.3) is 0 Å². The van der Waals surface area contributed by atoms with E-state index >= 15 is 0 Å². The normalized spacial score (nSPS) is 22.3. The number of nitrogens with two attached hydrogens (primary N) is 1. The average Bonchev–Trinajstić information content (AvgIpc) is 2.54. The SMILES string of the molecule is NCCN(C(=O)CC1CCCCCC1)C1CCC1. The fourth-order valence-corrected chi connectivity index (χ4v) is 3.28. The molecular formula is C15H28N2O. The number of hydrogen-bond acceptors (Lipinski definition) is 2. The molecule has 104 valence electrons. The molecule has 18 heavy (non-hydrogen) atoms. The fourth-order valence-electron chi connectivity index (χ4n) is 3.28. The van der Waals surface area contributed by atoms with Crippen LogP contribution in [0.1, 0.15) is 64.2 Å². The molecule has 0 unspecified atom stereocenters. The quantitative estimate of drug-likeness (QED) is 0.765. The predicted octanol–water partition coefficient (Wildman–Crippen LogP) is 2.69. The summed E-state index contributed by atoms with van der Waals surface area (Å²) in [7, 11) is 0. The maximum absolute atomic E-state index is 12.4. The lowest BCUT2D eigenvalue weighted by molar-refractivity contribution is -0.136. The van der Waals surface area contributed by atoms with Crippen LogP contribution in [0.5, 0.6) is 0 Å². The Hall–Kier alpha value is -0.570. The van der Waals surface area contributed by atoms with Gasteiger partial charge >= 0.3 is 0 Å². The zero-order valence-electron chi connectivity index (χ0n) is 11.6. The van der Waals surface area contributed by atoms with Crippen molar-refractivity contribution in [1.29, 1.82) is 0 Å². The number of hydrogen-bond donors (Lipinski definition) is 1. The van der Waals surface area contributed by atoms with Gasteiger partial charge in [-0.05, 0) is 38.0 Å². The molecule has 0 saturated heterocycles. The minimum atomic E-state index is 0.372. The summed E-state index contributed by atoms with van der Waals surface area (Å²) < 4.78 is 0. The van der Waals surface area contributed by atoms with Crippen molar-refractivity contribution in [2.45, 2.75) is 70.3 Å². The number of amides is 1. The van der Waals surface area contributed by atoms with E-state index in [1.807, 2.05) is 0 Å². The molecule has 0 aromatic carbocycles. The molecule has 0 aromatic heterocycles. The zero-order chi connectivity index (χ0) is 12.8. The van der Waals surface area contributed by atoms with E-state index < -0.39 is 0 Å². The Labute approximate surface area is 111 Å². The van der Waals surface area contributed by atoms with Crippen molar-refractivity contribution >= 4 is 5.91 Å². The Bertz CT molecular complexity index is 255. The highest BCUT2D eigenvalue weighted by Crippen LogP contribution is 2.29. The summed E-state index contributed by atoms with van der Waals surface area (Å²) >= 11 is 0. The molecule has 0 heterocycles. The Morgan fingerprint density at radius 1 is 1.00 bits per heavy atom. The molecule has 2 aliphatic carbocycles. The zero-order valence-corrected chi connectivity index (χ0v) is 11.6. The standard InChI is InChI=1S/C15H28N2O/c16-10-11-17(14-8-5-9-14)15(18)12-13-6-3-1-2-4-7-13/h13-14H,1-12,16H2. The smallest absolute Gasteiger partial charge is 0.223 e. The Balaban J connectivity index is 1.83. The summed E-state index contributed by atoms with van der Waals surface area (Å²) in [4.78, 5) is 14.5. The Kier molecular flexibility index (Phi) is 5.48. The average molecular weight is 252 g/mol. The molecule has 2 saturated carbocycles. The first kappa shape index (κ1) is 13.9. The first-order valence-electron chi connectivity index (χ1n) is 7.81. The summed E-state index contributed by atoms with van der Waals surface area (Å²) in [5, 5.41) is 0. The van der Waals surface area contributed by atoms with Crippen molar-refractivity contribution in [3.63, 3.8) is 0 Å². The Morgan fingerprint density at radius 2 is 1.67 bits per heavy atom. The van der Waals surface area contributed by atoms with Crippen LogP contribution in [-0.2, 0) is 4.79 Å². The molecular weight excluding hydrogens is 224 g/mol. The van der Waals surface area contributed by atoms with Gasteiger partial charge in [-0.25, -0.2) is 0 Å². The van der Waals surface area contributed by atoms with Crippen LogP contribution < -0.4 is 5.73 Å². The molecule has 2 fully saturated rings. The number of nitrogens with zero attached hydrogens (tertiary/aromatic N) is 1. The maximum atomic E-state index is 12.4. The topological polar surface area (TPSA) is 46.3 Å². The van der Waals surface area contributed by atoms with Crippen molar-refractivity contribution in [1.82, 2.24) is 4.90 Å². The second-order valence-electron chi connectivity index (χ2n) is 6.02. The lowest BCUT2D eigenvalue weighted by Crippen LogP contribution is -2.47. The van der Waals surface area contributed by atoms with Gasteiger partial charge in [-0.1, -0.05) is 25.7 Å². The van der Waals surface area contributed by atoms with Crippen molar-refractivity contribution < 1.29 is 4.79 Å². The molecule has 0 aliphatic heterocycles. The molecule has 0 atom stereocenters. The van der Waals surface area contributed by atoms with Gasteiger partial charge in [-0.3, -0.25) is 4.79 Å². The summed E-state index contributed by atoms with van der Waals surface area (Å²) in [6.45, 7) is 1.36. The highest BCUT2D eigenvalue weighted by atomic mass is 16.2. The van der Waals surface area contributed by atoms with Gasteiger partial charge in [0.15, 0.2) is 0 Å². The van der Waals surface area contributed by atoms with Crippen LogP contribution in [0, 0.1) is 5.92 Å². The molecule has 2 aliphatic rings. The van der Waals surface area contributed by atoms with E-state index in [1.54, 1.807) is 0 Å². The lowest BCUT2D eigenvalue weighted by Gasteiger charge is -2.38. The van der Waals surface area contributed by atoms with Gasteiger partial charge in [-0.15, -0.1) is 0 Å². The Morgan fingerprint density at radius 3 is 2.17 bits per heavy atom. The number of carbonyl (C=O) groups is 1. The van der Waals surface area contributed by atoms with E-state index in [9.17, 15) is 4.79 Å². The van der Waals surface area contributed by atoms with Crippen molar-refractivity contribution in [3.8, 4) is 0 Å². The van der Waals surface area contributed by atoms with Crippen LogP contribution in [0.2, 0.25) is 0 Å². The highest BCUT2D eigenvalue weighted by Gasteiger charge is 2.29. The van der Waals surface area contributed by atoms with Gasteiger partial charge in [0.1, 0.15) is 0 Å². The molecule has 2 N–H and O–H groups in total. The first-order chi connectivity index (χ1) is 8.81. The molecule has 0 bridgehead atoms. The van der Waals surface area contributed by atoms with E-state index in [0.29, 0.717) is 24.4 Å². The molecule has 0 aromatic rings. The van der Waals surface area contributed by atoms with Crippen LogP contribution in [0.4, 0.5) is 0 Å². The van der Waals surface area contributed by atoms with Crippen LogP contribution in [0.15, 0.2) is 0 Å². The van der Waals surface area contributed by atoms with E-state index in [2.05, 4.69) is 4.90 Å². The number of rotatable bonds is 5. The molecule has 3 nitrogen and oxygen atoms in total. The largest absolute Gasteiger partial charge is 0.338 e. The third-order valence-corrected chi connectivity index (χ3v) is 4.64. The first-order valence-corrected chi connectivity index (χ1v) is 7.81. The summed E-state index contributed by atoms with van der Waals surface area (Å²) in [5.74, 6) is 1.01. The third-order valence-electron chi connectivity index (χ3n) is 4.64. The minimum absolute atomic E-state index is 0.372. The van der Waals surface area contributed by atoms with Crippen molar-refractivity contribution in [2.75, 3.05) is 13.1 Å². The third kappa shape index (κ3) is 3.71. The van der Waals surface area contributed by atoms with Gasteiger partial charge in [0.25, 0.3) is 0 Å². The van der Waals surface area contributed by atoms with Gasteiger partial charge < -0.3 is 10.6 Å². The maximum Gasteiger partial charge on any atom is 0.223 e. The molecule has 3 heteroatoms. The van der Waals surface area contributed by atoms with E-state index in [0.717, 1.165) is 13.0 Å². The molecule has 2 rings (SSSR count). The summed E-state index contributed by atoms with van der Waals surface area (Å²) in [5.41, 5.74) is 5.65. The number of carbonyl (C=O) groups excluding carboxylic acids is 1. The van der Waals surface area contributed by atoms with E-state index in [-0.39, 0.29) is 0 Å². The molecule has 0 spiro atoms. The summed E-state index contributed by atoms with van der Waals surface area (Å²) in [6, 6.07) is 0.506. The highest BCUT2D eigenvalue weighted by molar-refractivity contribution is 5.77. The van der Waals surface area contributed by atoms with Gasteiger partial charge in [-0.2, -0.15) is 0 Å². The van der Waals surface area contributed by atoms with Gasteiger partial charge in [0.2, 0.25) is 5.91 Å². The van der Waals surface area contributed by atoms with Crippen LogP contribution in [0.3, 0.4) is 0 Å². The van der Waals surface area contributed by atoms with Gasteiger partial charge in [0.05, 0.1) is 0 Å². The van der Waals surface area contributed by atoms with E-state index in [1.165, 1.54) is 57.8 Å². The fraction of sp³-hybridized carbons (Fsp3) is 0.933. The minimum Gasteiger partial charge on any atom is -0.338 e. The second kappa shape index (κ2) is 7.13. The molecule has 1 amide bonds. The monoisotopic (exact) mass is 252 g/mol. The predicted molar refractivity (Wildman–Crippen MR) is 74.2 cm³/mol. The second-order valence-corrected chi connectivity index (χ2v) is 6.02. The van der Waals surface area contributed by atoms with Crippen LogP contribution in [-0.4, -0.2) is 29.9 Å². The van der Waals surface area contributed by atoms with Crippen LogP contribution >= 0.6 is 0 Å². The summed E-state index contributed by atoms with van der Waals surface area (Å²) in [6.07, 6.45) is 12.3. The van der Waals surface area contributed by atoms with Crippen molar-refractivity contribution in [2.24, 2.45) is 11.7 Å². The van der Waals surface area contributed by atoms with E-state index in [4.69, 9.17) is 5.73 Å². The van der Waals surface area contributed by atoms with Gasteiger partial charge in [0, 0.05) is 25.6 Å². The van der Waals surface area contributed by atoms with Crippen molar-refractivity contribution in [3.05, 3.63) is 0 Å².